The number of ether oxygens (including phenoxy) is 1. The van der Waals surface area contributed by atoms with Gasteiger partial charge in [-0.2, -0.15) is 0 Å². The van der Waals surface area contributed by atoms with Crippen molar-refractivity contribution in [3.05, 3.63) is 23.8 Å². The van der Waals surface area contributed by atoms with E-state index in [0.717, 1.165) is 30.3 Å². The summed E-state index contributed by atoms with van der Waals surface area (Å²) in [5.74, 6) is 1.68. The van der Waals surface area contributed by atoms with Gasteiger partial charge >= 0.3 is 0 Å². The molecule has 1 aliphatic rings. The lowest BCUT2D eigenvalue weighted by molar-refractivity contribution is 0.338. The molecule has 2 rings (SSSR count). The first-order chi connectivity index (χ1) is 9.22. The van der Waals surface area contributed by atoms with E-state index in [9.17, 15) is 0 Å². The Hall–Kier alpha value is -1.22. The van der Waals surface area contributed by atoms with E-state index < -0.39 is 0 Å². The fraction of sp³-hybridized carbons (Fsp3) is 0.625. The molecule has 1 aromatic carbocycles. The fourth-order valence-corrected chi connectivity index (χ4v) is 2.76. The largest absolute Gasteiger partial charge is 0.495 e. The summed E-state index contributed by atoms with van der Waals surface area (Å²) in [6.45, 7) is 3.20. The summed E-state index contributed by atoms with van der Waals surface area (Å²) in [6.07, 6.45) is 5.86. The predicted octanol–water partition coefficient (Wildman–Crippen LogP) is 3.19. The van der Waals surface area contributed by atoms with E-state index in [1.165, 1.54) is 31.2 Å². The molecule has 0 unspecified atom stereocenters. The number of rotatable bonds is 5. The first-order valence-electron chi connectivity index (χ1n) is 7.39. The molecule has 0 radical (unpaired) electrons. The zero-order chi connectivity index (χ0) is 13.7. The van der Waals surface area contributed by atoms with Crippen molar-refractivity contribution in [2.24, 2.45) is 11.7 Å². The molecule has 1 aliphatic carbocycles. The molecule has 3 heteroatoms. The number of methoxy groups -OCH3 is 1. The SMILES string of the molecule is CCc1ccc(OC)c(NCC2CCC(N)CC2)c1. The van der Waals surface area contributed by atoms with Crippen molar-refractivity contribution in [3.63, 3.8) is 0 Å². The molecule has 3 N–H and O–H groups in total. The maximum Gasteiger partial charge on any atom is 0.141 e. The Morgan fingerprint density at radius 3 is 2.63 bits per heavy atom. The van der Waals surface area contributed by atoms with Crippen molar-refractivity contribution in [3.8, 4) is 5.75 Å². The highest BCUT2D eigenvalue weighted by Crippen LogP contribution is 2.28. The molecular weight excluding hydrogens is 236 g/mol. The Morgan fingerprint density at radius 2 is 2.00 bits per heavy atom. The van der Waals surface area contributed by atoms with Crippen LogP contribution >= 0.6 is 0 Å². The highest BCUT2D eigenvalue weighted by molar-refractivity contribution is 5.58. The molecule has 3 nitrogen and oxygen atoms in total. The van der Waals surface area contributed by atoms with Crippen molar-refractivity contribution in [2.75, 3.05) is 19.0 Å². The van der Waals surface area contributed by atoms with Gasteiger partial charge in [-0.15, -0.1) is 0 Å². The fourth-order valence-electron chi connectivity index (χ4n) is 2.76. The molecule has 106 valence electrons. The summed E-state index contributed by atoms with van der Waals surface area (Å²) in [5.41, 5.74) is 8.41. The highest BCUT2D eigenvalue weighted by atomic mass is 16.5. The van der Waals surface area contributed by atoms with Gasteiger partial charge in [-0.25, -0.2) is 0 Å². The number of nitrogens with two attached hydrogens (primary N) is 1. The minimum absolute atomic E-state index is 0.425. The summed E-state index contributed by atoms with van der Waals surface area (Å²) in [4.78, 5) is 0. The van der Waals surface area contributed by atoms with Gasteiger partial charge in [0, 0.05) is 12.6 Å². The van der Waals surface area contributed by atoms with Crippen LogP contribution in [0.1, 0.15) is 38.2 Å². The van der Waals surface area contributed by atoms with Gasteiger partial charge in [0.25, 0.3) is 0 Å². The van der Waals surface area contributed by atoms with E-state index in [1.807, 2.05) is 0 Å². The number of aryl methyl sites for hydroxylation is 1. The number of hydrogen-bond donors (Lipinski definition) is 2. The van der Waals surface area contributed by atoms with Crippen LogP contribution < -0.4 is 15.8 Å². The van der Waals surface area contributed by atoms with Gasteiger partial charge in [-0.05, 0) is 55.7 Å². The number of nitrogens with one attached hydrogen (secondary N) is 1. The van der Waals surface area contributed by atoms with E-state index in [-0.39, 0.29) is 0 Å². The van der Waals surface area contributed by atoms with Gasteiger partial charge in [-0.1, -0.05) is 13.0 Å². The minimum atomic E-state index is 0.425. The third kappa shape index (κ3) is 3.87. The molecule has 1 fully saturated rings. The Kier molecular flexibility index (Phi) is 5.08. The lowest BCUT2D eigenvalue weighted by atomic mass is 9.86. The summed E-state index contributed by atoms with van der Waals surface area (Å²) < 4.78 is 5.42. The summed E-state index contributed by atoms with van der Waals surface area (Å²) in [5, 5.41) is 3.56. The second-order valence-corrected chi connectivity index (χ2v) is 5.55. The first kappa shape index (κ1) is 14.2. The molecule has 0 spiro atoms. The van der Waals surface area contributed by atoms with Crippen LogP contribution in [-0.4, -0.2) is 19.7 Å². The zero-order valence-corrected chi connectivity index (χ0v) is 12.1. The van der Waals surface area contributed by atoms with Crippen LogP contribution in [0.3, 0.4) is 0 Å². The van der Waals surface area contributed by atoms with E-state index in [2.05, 4.69) is 30.4 Å². The monoisotopic (exact) mass is 262 g/mol. The first-order valence-corrected chi connectivity index (χ1v) is 7.39. The highest BCUT2D eigenvalue weighted by Gasteiger charge is 2.18. The minimum Gasteiger partial charge on any atom is -0.495 e. The predicted molar refractivity (Wildman–Crippen MR) is 80.8 cm³/mol. The van der Waals surface area contributed by atoms with Gasteiger partial charge in [0.15, 0.2) is 0 Å². The number of benzene rings is 1. The molecule has 1 saturated carbocycles. The molecule has 1 aromatic rings. The van der Waals surface area contributed by atoms with E-state index in [1.54, 1.807) is 7.11 Å². The van der Waals surface area contributed by atoms with Crippen molar-refractivity contribution in [2.45, 2.75) is 45.1 Å². The molecule has 0 atom stereocenters. The average molecular weight is 262 g/mol. The molecule has 0 heterocycles. The molecular formula is C16H26N2O. The van der Waals surface area contributed by atoms with Crippen LogP contribution in [0.25, 0.3) is 0 Å². The van der Waals surface area contributed by atoms with E-state index in [0.29, 0.717) is 6.04 Å². The molecule has 0 aromatic heterocycles. The third-order valence-corrected chi connectivity index (χ3v) is 4.14. The van der Waals surface area contributed by atoms with Crippen LogP contribution in [-0.2, 0) is 6.42 Å². The van der Waals surface area contributed by atoms with Crippen molar-refractivity contribution in [1.29, 1.82) is 0 Å². The van der Waals surface area contributed by atoms with E-state index in [4.69, 9.17) is 10.5 Å². The van der Waals surface area contributed by atoms with Gasteiger partial charge in [0.1, 0.15) is 5.75 Å². The van der Waals surface area contributed by atoms with Crippen LogP contribution in [0.5, 0.6) is 5.75 Å². The molecule has 0 bridgehead atoms. The zero-order valence-electron chi connectivity index (χ0n) is 12.1. The topological polar surface area (TPSA) is 47.3 Å². The summed E-state index contributed by atoms with van der Waals surface area (Å²) >= 11 is 0. The normalized spacial score (nSPS) is 23.1. The average Bonchev–Trinajstić information content (AvgIpc) is 2.46. The third-order valence-electron chi connectivity index (χ3n) is 4.14. The Balaban J connectivity index is 1.94. The lowest BCUT2D eigenvalue weighted by Crippen LogP contribution is -2.29. The number of anilines is 1. The van der Waals surface area contributed by atoms with Gasteiger partial charge in [-0.3, -0.25) is 0 Å². The summed E-state index contributed by atoms with van der Waals surface area (Å²) in [7, 11) is 1.73. The molecule has 0 saturated heterocycles. The maximum atomic E-state index is 5.95. The van der Waals surface area contributed by atoms with Crippen LogP contribution in [0.15, 0.2) is 18.2 Å². The number of hydrogen-bond acceptors (Lipinski definition) is 3. The standard InChI is InChI=1S/C16H26N2O/c1-3-12-6-9-16(19-2)15(10-12)18-11-13-4-7-14(17)8-5-13/h6,9-10,13-14,18H,3-5,7-8,11,17H2,1-2H3. The molecule has 19 heavy (non-hydrogen) atoms. The summed E-state index contributed by atoms with van der Waals surface area (Å²) in [6, 6.07) is 6.81. The molecule has 0 amide bonds. The smallest absolute Gasteiger partial charge is 0.141 e. The maximum absolute atomic E-state index is 5.95. The van der Waals surface area contributed by atoms with Gasteiger partial charge < -0.3 is 15.8 Å². The Labute approximate surface area is 116 Å². The van der Waals surface area contributed by atoms with Crippen molar-refractivity contribution < 1.29 is 4.74 Å². The van der Waals surface area contributed by atoms with E-state index >= 15 is 0 Å². The van der Waals surface area contributed by atoms with Gasteiger partial charge in [0.2, 0.25) is 0 Å². The van der Waals surface area contributed by atoms with Crippen LogP contribution in [0.4, 0.5) is 5.69 Å². The Morgan fingerprint density at radius 1 is 1.26 bits per heavy atom. The van der Waals surface area contributed by atoms with Crippen LogP contribution in [0.2, 0.25) is 0 Å². The van der Waals surface area contributed by atoms with Crippen LogP contribution in [0, 0.1) is 5.92 Å². The second kappa shape index (κ2) is 6.80. The van der Waals surface area contributed by atoms with Crippen molar-refractivity contribution >= 4 is 5.69 Å². The Bertz CT molecular complexity index is 398. The quantitative estimate of drug-likeness (QED) is 0.856. The molecule has 0 aliphatic heterocycles. The van der Waals surface area contributed by atoms with Crippen molar-refractivity contribution in [1.82, 2.24) is 0 Å². The van der Waals surface area contributed by atoms with Gasteiger partial charge in [0.05, 0.1) is 12.8 Å². The lowest BCUT2D eigenvalue weighted by Gasteiger charge is -2.26. The second-order valence-electron chi connectivity index (χ2n) is 5.55.